The standard InChI is InChI=1S/C10H13BrClNO/c1-10(13,4-5-14)7-2-3-8(11)9(12)6-7/h2-3,6,14H,4-5,13H2,1H3/t10-/m1/s1. The van der Waals surface area contributed by atoms with Gasteiger partial charge in [-0.1, -0.05) is 17.7 Å². The van der Waals surface area contributed by atoms with Gasteiger partial charge in [0.25, 0.3) is 0 Å². The molecule has 0 saturated carbocycles. The molecular formula is C10H13BrClNO. The van der Waals surface area contributed by atoms with E-state index in [1.165, 1.54) is 0 Å². The lowest BCUT2D eigenvalue weighted by atomic mass is 9.90. The van der Waals surface area contributed by atoms with Crippen molar-refractivity contribution >= 4 is 27.5 Å². The number of aliphatic hydroxyl groups excluding tert-OH is 1. The highest BCUT2D eigenvalue weighted by Crippen LogP contribution is 2.29. The van der Waals surface area contributed by atoms with Crippen LogP contribution in [-0.2, 0) is 5.54 Å². The van der Waals surface area contributed by atoms with E-state index in [2.05, 4.69) is 15.9 Å². The SMILES string of the molecule is C[C@@](N)(CCO)c1ccc(Br)c(Cl)c1. The Labute approximate surface area is 97.2 Å². The molecule has 0 bridgehead atoms. The molecule has 0 unspecified atom stereocenters. The molecule has 0 spiro atoms. The predicted molar refractivity (Wildman–Crippen MR) is 62.4 cm³/mol. The molecule has 0 heterocycles. The van der Waals surface area contributed by atoms with Crippen LogP contribution in [0.4, 0.5) is 0 Å². The molecule has 0 aliphatic carbocycles. The number of rotatable bonds is 3. The van der Waals surface area contributed by atoms with Crippen molar-refractivity contribution in [2.24, 2.45) is 5.73 Å². The van der Waals surface area contributed by atoms with Crippen LogP contribution in [0.5, 0.6) is 0 Å². The average molecular weight is 279 g/mol. The van der Waals surface area contributed by atoms with Gasteiger partial charge in [-0.3, -0.25) is 0 Å². The molecule has 0 fully saturated rings. The molecular weight excluding hydrogens is 265 g/mol. The Morgan fingerprint density at radius 3 is 2.71 bits per heavy atom. The summed E-state index contributed by atoms with van der Waals surface area (Å²) in [6.45, 7) is 1.95. The second-order valence-corrected chi connectivity index (χ2v) is 4.78. The maximum Gasteiger partial charge on any atom is 0.0551 e. The summed E-state index contributed by atoms with van der Waals surface area (Å²) >= 11 is 9.27. The molecule has 1 atom stereocenters. The molecule has 1 rings (SSSR count). The second-order valence-electron chi connectivity index (χ2n) is 3.52. The van der Waals surface area contributed by atoms with Crippen molar-refractivity contribution in [3.63, 3.8) is 0 Å². The number of halogens is 2. The van der Waals surface area contributed by atoms with Gasteiger partial charge in [-0.15, -0.1) is 0 Å². The van der Waals surface area contributed by atoms with Crippen LogP contribution in [-0.4, -0.2) is 11.7 Å². The van der Waals surface area contributed by atoms with Gasteiger partial charge in [0.15, 0.2) is 0 Å². The first kappa shape index (κ1) is 12.0. The van der Waals surface area contributed by atoms with Crippen molar-refractivity contribution in [1.82, 2.24) is 0 Å². The first-order chi connectivity index (χ1) is 6.47. The molecule has 78 valence electrons. The van der Waals surface area contributed by atoms with Crippen LogP contribution in [0.3, 0.4) is 0 Å². The summed E-state index contributed by atoms with van der Waals surface area (Å²) in [4.78, 5) is 0. The Morgan fingerprint density at radius 1 is 1.57 bits per heavy atom. The molecule has 0 aromatic heterocycles. The maximum atomic E-state index is 8.86. The van der Waals surface area contributed by atoms with E-state index in [9.17, 15) is 0 Å². The van der Waals surface area contributed by atoms with Gasteiger partial charge in [0.2, 0.25) is 0 Å². The van der Waals surface area contributed by atoms with Gasteiger partial charge in [0.1, 0.15) is 0 Å². The van der Waals surface area contributed by atoms with Crippen LogP contribution in [0, 0.1) is 0 Å². The third kappa shape index (κ3) is 2.70. The smallest absolute Gasteiger partial charge is 0.0551 e. The van der Waals surface area contributed by atoms with Crippen LogP contribution < -0.4 is 5.73 Å². The van der Waals surface area contributed by atoms with E-state index in [-0.39, 0.29) is 6.61 Å². The molecule has 0 aliphatic rings. The van der Waals surface area contributed by atoms with Gasteiger partial charge in [0, 0.05) is 16.6 Å². The summed E-state index contributed by atoms with van der Waals surface area (Å²) in [5.74, 6) is 0. The van der Waals surface area contributed by atoms with Crippen molar-refractivity contribution in [3.05, 3.63) is 33.3 Å². The fourth-order valence-corrected chi connectivity index (χ4v) is 1.66. The van der Waals surface area contributed by atoms with E-state index in [4.69, 9.17) is 22.4 Å². The topological polar surface area (TPSA) is 46.2 Å². The Kier molecular flexibility index (Phi) is 3.95. The molecule has 1 aromatic carbocycles. The third-order valence-corrected chi connectivity index (χ3v) is 3.44. The minimum absolute atomic E-state index is 0.0701. The summed E-state index contributed by atoms with van der Waals surface area (Å²) in [5.41, 5.74) is 6.44. The van der Waals surface area contributed by atoms with Gasteiger partial charge in [-0.25, -0.2) is 0 Å². The van der Waals surface area contributed by atoms with Crippen molar-refractivity contribution in [1.29, 1.82) is 0 Å². The molecule has 3 N–H and O–H groups in total. The monoisotopic (exact) mass is 277 g/mol. The summed E-state index contributed by atoms with van der Waals surface area (Å²) in [5, 5.41) is 9.50. The van der Waals surface area contributed by atoms with Gasteiger partial charge < -0.3 is 10.8 Å². The lowest BCUT2D eigenvalue weighted by Gasteiger charge is -2.24. The second kappa shape index (κ2) is 4.62. The number of hydrogen-bond acceptors (Lipinski definition) is 2. The van der Waals surface area contributed by atoms with E-state index in [0.717, 1.165) is 10.0 Å². The minimum Gasteiger partial charge on any atom is -0.396 e. The van der Waals surface area contributed by atoms with Crippen LogP contribution >= 0.6 is 27.5 Å². The summed E-state index contributed by atoms with van der Waals surface area (Å²) in [6.07, 6.45) is 0.519. The van der Waals surface area contributed by atoms with E-state index in [1.54, 1.807) is 0 Å². The highest BCUT2D eigenvalue weighted by Gasteiger charge is 2.20. The van der Waals surface area contributed by atoms with Crippen LogP contribution in [0.15, 0.2) is 22.7 Å². The first-order valence-corrected chi connectivity index (χ1v) is 5.50. The van der Waals surface area contributed by atoms with Crippen LogP contribution in [0.1, 0.15) is 18.9 Å². The quantitative estimate of drug-likeness (QED) is 0.893. The van der Waals surface area contributed by atoms with E-state index in [0.29, 0.717) is 11.4 Å². The normalized spacial score (nSPS) is 15.2. The summed E-state index contributed by atoms with van der Waals surface area (Å²) < 4.78 is 0.850. The number of hydrogen-bond donors (Lipinski definition) is 2. The van der Waals surface area contributed by atoms with Gasteiger partial charge in [-0.2, -0.15) is 0 Å². The number of aliphatic hydroxyl groups is 1. The summed E-state index contributed by atoms with van der Waals surface area (Å²) in [6, 6.07) is 5.59. The fourth-order valence-electron chi connectivity index (χ4n) is 1.23. The molecule has 2 nitrogen and oxygen atoms in total. The highest BCUT2D eigenvalue weighted by molar-refractivity contribution is 9.10. The molecule has 14 heavy (non-hydrogen) atoms. The molecule has 0 saturated heterocycles. The number of benzene rings is 1. The fraction of sp³-hybridized carbons (Fsp3) is 0.400. The zero-order chi connectivity index (χ0) is 10.8. The van der Waals surface area contributed by atoms with Crippen LogP contribution in [0.2, 0.25) is 5.02 Å². The van der Waals surface area contributed by atoms with E-state index < -0.39 is 5.54 Å². The maximum absolute atomic E-state index is 8.86. The average Bonchev–Trinajstić information content (AvgIpc) is 2.09. The van der Waals surface area contributed by atoms with E-state index in [1.807, 2.05) is 25.1 Å². The molecule has 0 radical (unpaired) electrons. The Morgan fingerprint density at radius 2 is 2.21 bits per heavy atom. The van der Waals surface area contributed by atoms with Gasteiger partial charge >= 0.3 is 0 Å². The zero-order valence-corrected chi connectivity index (χ0v) is 10.3. The van der Waals surface area contributed by atoms with Crippen molar-refractivity contribution < 1.29 is 5.11 Å². The van der Waals surface area contributed by atoms with Crippen LogP contribution in [0.25, 0.3) is 0 Å². The Balaban J connectivity index is 3.01. The minimum atomic E-state index is -0.529. The van der Waals surface area contributed by atoms with Crippen molar-refractivity contribution in [3.8, 4) is 0 Å². The lowest BCUT2D eigenvalue weighted by Crippen LogP contribution is -2.33. The lowest BCUT2D eigenvalue weighted by molar-refractivity contribution is 0.247. The molecule has 1 aromatic rings. The highest BCUT2D eigenvalue weighted by atomic mass is 79.9. The van der Waals surface area contributed by atoms with Crippen molar-refractivity contribution in [2.45, 2.75) is 18.9 Å². The first-order valence-electron chi connectivity index (χ1n) is 4.32. The Bertz CT molecular complexity index is 328. The Hall–Kier alpha value is -0.0900. The molecule has 4 heteroatoms. The molecule has 0 aliphatic heterocycles. The third-order valence-electron chi connectivity index (χ3n) is 2.21. The zero-order valence-electron chi connectivity index (χ0n) is 7.93. The number of nitrogens with two attached hydrogens (primary N) is 1. The van der Waals surface area contributed by atoms with Crippen molar-refractivity contribution in [2.75, 3.05) is 6.61 Å². The predicted octanol–water partition coefficient (Wildman–Crippen LogP) is 2.66. The largest absolute Gasteiger partial charge is 0.396 e. The van der Waals surface area contributed by atoms with Gasteiger partial charge in [0.05, 0.1) is 5.02 Å². The summed E-state index contributed by atoms with van der Waals surface area (Å²) in [7, 11) is 0. The molecule has 0 amide bonds. The van der Waals surface area contributed by atoms with Gasteiger partial charge in [-0.05, 0) is 47.0 Å². The van der Waals surface area contributed by atoms with E-state index >= 15 is 0 Å².